The second kappa shape index (κ2) is 8.37. The van der Waals surface area contributed by atoms with Crippen LogP contribution in [-0.2, 0) is 4.79 Å². The zero-order chi connectivity index (χ0) is 22.1. The zero-order valence-corrected chi connectivity index (χ0v) is 18.0. The van der Waals surface area contributed by atoms with Gasteiger partial charge in [-0.05, 0) is 54.6 Å². The molecule has 4 rings (SSSR count). The summed E-state index contributed by atoms with van der Waals surface area (Å²) in [6.07, 6.45) is 1.46. The number of amides is 1. The van der Waals surface area contributed by atoms with Crippen LogP contribution in [-0.4, -0.2) is 40.5 Å². The Morgan fingerprint density at radius 2 is 2.00 bits per heavy atom. The van der Waals surface area contributed by atoms with Crippen LogP contribution in [0.3, 0.4) is 0 Å². The van der Waals surface area contributed by atoms with Gasteiger partial charge in [0, 0.05) is 0 Å². The van der Waals surface area contributed by atoms with Gasteiger partial charge in [0.15, 0.2) is 22.5 Å². The number of nitrogens with zero attached hydrogens (tertiary/aromatic N) is 3. The van der Waals surface area contributed by atoms with E-state index >= 15 is 0 Å². The Labute approximate surface area is 186 Å². The number of esters is 1. The number of amidine groups is 2. The molecule has 0 saturated heterocycles. The summed E-state index contributed by atoms with van der Waals surface area (Å²) >= 11 is 7.52. The number of hydrogen-bond donors (Lipinski definition) is 1. The molecule has 0 atom stereocenters. The van der Waals surface area contributed by atoms with Gasteiger partial charge in [-0.15, -0.1) is 0 Å². The molecule has 0 fully saturated rings. The lowest BCUT2D eigenvalue weighted by Gasteiger charge is -2.20. The number of aliphatic imine (C=N–C) groups is 1. The van der Waals surface area contributed by atoms with E-state index in [4.69, 9.17) is 26.5 Å². The van der Waals surface area contributed by atoms with Crippen molar-refractivity contribution in [1.82, 2.24) is 5.01 Å². The van der Waals surface area contributed by atoms with Crippen molar-refractivity contribution in [3.63, 3.8) is 0 Å². The average Bonchev–Trinajstić information content (AvgIpc) is 3.21. The smallest absolute Gasteiger partial charge is 0.343 e. The largest absolute Gasteiger partial charge is 0.493 e. The van der Waals surface area contributed by atoms with Gasteiger partial charge < -0.3 is 9.47 Å². The number of hydrogen-bond acceptors (Lipinski definition) is 7. The van der Waals surface area contributed by atoms with Crippen molar-refractivity contribution in [2.75, 3.05) is 7.11 Å². The molecule has 0 spiro atoms. The number of carbonyl (C=O) groups excluding carboxylic acids is 2. The molecule has 2 aromatic carbocycles. The number of fused-ring (bicyclic) bond motifs is 1. The molecule has 0 radical (unpaired) electrons. The molecule has 1 N–H and O–H groups in total. The molecule has 10 heteroatoms. The SMILES string of the molecule is COc1cc(C=C2C(=N)N3N=CSC3=NC2=O)cc(Cl)c1OC(=O)c1ccc(C)cc1. The second-order valence-corrected chi connectivity index (χ2v) is 7.77. The molecule has 2 aromatic rings. The summed E-state index contributed by atoms with van der Waals surface area (Å²) in [6, 6.07) is 9.99. The molecule has 2 aliphatic rings. The first-order chi connectivity index (χ1) is 14.9. The summed E-state index contributed by atoms with van der Waals surface area (Å²) in [5.41, 5.74) is 3.40. The second-order valence-electron chi connectivity index (χ2n) is 6.55. The summed E-state index contributed by atoms with van der Waals surface area (Å²) in [5, 5.41) is 14.0. The lowest BCUT2D eigenvalue weighted by molar-refractivity contribution is -0.114. The predicted octanol–water partition coefficient (Wildman–Crippen LogP) is 4.13. The van der Waals surface area contributed by atoms with Crippen LogP contribution in [0, 0.1) is 12.3 Å². The van der Waals surface area contributed by atoms with E-state index in [1.54, 1.807) is 30.3 Å². The molecule has 0 bridgehead atoms. The molecule has 1 amide bonds. The van der Waals surface area contributed by atoms with Gasteiger partial charge in [-0.3, -0.25) is 10.2 Å². The Bertz CT molecular complexity index is 1200. The lowest BCUT2D eigenvalue weighted by Crippen LogP contribution is -2.35. The Morgan fingerprint density at radius 3 is 2.71 bits per heavy atom. The minimum Gasteiger partial charge on any atom is -0.493 e. The number of ether oxygens (including phenoxy) is 2. The summed E-state index contributed by atoms with van der Waals surface area (Å²) in [7, 11) is 1.41. The molecule has 0 unspecified atom stereocenters. The van der Waals surface area contributed by atoms with Gasteiger partial charge in [-0.25, -0.2) is 4.79 Å². The van der Waals surface area contributed by atoms with E-state index in [1.165, 1.54) is 29.8 Å². The van der Waals surface area contributed by atoms with Crippen LogP contribution in [0.1, 0.15) is 21.5 Å². The van der Waals surface area contributed by atoms with Crippen molar-refractivity contribution in [3.05, 3.63) is 63.7 Å². The highest BCUT2D eigenvalue weighted by molar-refractivity contribution is 8.25. The molecule has 8 nitrogen and oxygen atoms in total. The molecule has 156 valence electrons. The molecule has 31 heavy (non-hydrogen) atoms. The molecular formula is C21H15ClN4O4S. The first kappa shape index (κ1) is 20.8. The highest BCUT2D eigenvalue weighted by atomic mass is 35.5. The third-order valence-corrected chi connectivity index (χ3v) is 5.40. The molecule has 0 saturated carbocycles. The van der Waals surface area contributed by atoms with Crippen LogP contribution in [0.15, 0.2) is 52.1 Å². The molecule has 2 aliphatic heterocycles. The minimum atomic E-state index is -0.582. The Morgan fingerprint density at radius 1 is 1.26 bits per heavy atom. The minimum absolute atomic E-state index is 0.0471. The quantitative estimate of drug-likeness (QED) is 0.423. The van der Waals surface area contributed by atoms with Gasteiger partial charge in [-0.2, -0.15) is 15.1 Å². The van der Waals surface area contributed by atoms with Crippen LogP contribution in [0.25, 0.3) is 6.08 Å². The number of methoxy groups -OCH3 is 1. The Hall–Kier alpha value is -3.43. The van der Waals surface area contributed by atoms with Crippen molar-refractivity contribution >= 4 is 57.9 Å². The maximum Gasteiger partial charge on any atom is 0.343 e. The topological polar surface area (TPSA) is 104 Å². The number of rotatable bonds is 4. The van der Waals surface area contributed by atoms with E-state index in [9.17, 15) is 9.59 Å². The number of thioether (sulfide) groups is 1. The Balaban J connectivity index is 1.65. The average molecular weight is 455 g/mol. The number of hydrazone groups is 1. The van der Waals surface area contributed by atoms with Crippen molar-refractivity contribution in [3.8, 4) is 11.5 Å². The van der Waals surface area contributed by atoms with E-state index in [-0.39, 0.29) is 27.9 Å². The third kappa shape index (κ3) is 4.10. The highest BCUT2D eigenvalue weighted by Crippen LogP contribution is 2.38. The fourth-order valence-electron chi connectivity index (χ4n) is 2.87. The van der Waals surface area contributed by atoms with Crippen LogP contribution < -0.4 is 9.47 Å². The monoisotopic (exact) mass is 454 g/mol. The summed E-state index contributed by atoms with van der Waals surface area (Å²) in [6.45, 7) is 1.92. The summed E-state index contributed by atoms with van der Waals surface area (Å²) in [4.78, 5) is 28.8. The van der Waals surface area contributed by atoms with E-state index in [0.29, 0.717) is 16.3 Å². The molecule has 0 aromatic heterocycles. The predicted molar refractivity (Wildman–Crippen MR) is 120 cm³/mol. The van der Waals surface area contributed by atoms with Gasteiger partial charge in [0.25, 0.3) is 5.91 Å². The van der Waals surface area contributed by atoms with E-state index < -0.39 is 11.9 Å². The highest BCUT2D eigenvalue weighted by Gasteiger charge is 2.32. The standard InChI is InChI=1S/C21H15ClN4O4S/c1-11-3-5-13(6-4-11)20(28)30-17-15(22)8-12(9-16(17)29-2)7-14-18(23)26-21(25-19(14)27)31-10-24-26/h3-10,23H,1-2H3. The summed E-state index contributed by atoms with van der Waals surface area (Å²) in [5.74, 6) is -0.974. The van der Waals surface area contributed by atoms with Crippen LogP contribution >= 0.6 is 23.4 Å². The van der Waals surface area contributed by atoms with E-state index in [1.807, 2.05) is 6.92 Å². The van der Waals surface area contributed by atoms with Crippen molar-refractivity contribution in [2.45, 2.75) is 6.92 Å². The summed E-state index contributed by atoms with van der Waals surface area (Å²) < 4.78 is 10.8. The molecular weight excluding hydrogens is 440 g/mol. The van der Waals surface area contributed by atoms with Crippen LogP contribution in [0.4, 0.5) is 0 Å². The Kier molecular flexibility index (Phi) is 5.62. The van der Waals surface area contributed by atoms with Crippen molar-refractivity contribution < 1.29 is 19.1 Å². The van der Waals surface area contributed by atoms with E-state index in [2.05, 4.69) is 10.1 Å². The fourth-order valence-corrected chi connectivity index (χ4v) is 3.73. The van der Waals surface area contributed by atoms with Gasteiger partial charge in [0.1, 0.15) is 0 Å². The number of carbonyl (C=O) groups is 2. The van der Waals surface area contributed by atoms with Gasteiger partial charge in [0.05, 0.1) is 28.8 Å². The lowest BCUT2D eigenvalue weighted by atomic mass is 10.1. The number of halogens is 1. The zero-order valence-electron chi connectivity index (χ0n) is 16.4. The first-order valence-electron chi connectivity index (χ1n) is 8.96. The number of benzene rings is 2. The number of aryl methyl sites for hydroxylation is 1. The van der Waals surface area contributed by atoms with Gasteiger partial charge in [0.2, 0.25) is 0 Å². The van der Waals surface area contributed by atoms with E-state index in [0.717, 1.165) is 17.3 Å². The van der Waals surface area contributed by atoms with Crippen molar-refractivity contribution in [1.29, 1.82) is 5.41 Å². The van der Waals surface area contributed by atoms with Gasteiger partial charge >= 0.3 is 5.97 Å². The maximum atomic E-state index is 12.5. The molecule has 0 aliphatic carbocycles. The van der Waals surface area contributed by atoms with Crippen LogP contribution in [0.5, 0.6) is 11.5 Å². The molecule has 2 heterocycles. The van der Waals surface area contributed by atoms with Crippen LogP contribution in [0.2, 0.25) is 5.02 Å². The number of nitrogens with one attached hydrogen (secondary N) is 1. The normalized spacial score (nSPS) is 16.4. The van der Waals surface area contributed by atoms with Crippen molar-refractivity contribution in [2.24, 2.45) is 10.1 Å². The first-order valence-corrected chi connectivity index (χ1v) is 10.2. The fraction of sp³-hybridized carbons (Fsp3) is 0.0952. The third-order valence-electron chi connectivity index (χ3n) is 4.44. The van der Waals surface area contributed by atoms with Gasteiger partial charge in [-0.1, -0.05) is 29.3 Å². The maximum absolute atomic E-state index is 12.5.